The van der Waals surface area contributed by atoms with Gasteiger partial charge in [-0.3, -0.25) is 4.79 Å². The lowest BCUT2D eigenvalue weighted by Gasteiger charge is -1.93. The van der Waals surface area contributed by atoms with Crippen molar-refractivity contribution in [3.8, 4) is 0 Å². The molecule has 0 aliphatic carbocycles. The topological polar surface area (TPSA) is 38.7 Å². The molecule has 3 nitrogen and oxygen atoms in total. The molecule has 0 radical (unpaired) electrons. The summed E-state index contributed by atoms with van der Waals surface area (Å²) in [5.74, 6) is -0.209. The molecule has 0 rings (SSSR count). The smallest absolute Gasteiger partial charge is 0.305 e. The molecule has 0 aromatic heterocycles. The number of ether oxygens (including phenoxy) is 1. The SMILES string of the molecule is COC(=O)CCCN=C=S. The summed E-state index contributed by atoms with van der Waals surface area (Å²) in [7, 11) is 1.37. The fourth-order valence-electron chi connectivity index (χ4n) is 0.450. The molecule has 0 amide bonds. The van der Waals surface area contributed by atoms with Gasteiger partial charge in [-0.2, -0.15) is 0 Å². The Balaban J connectivity index is 3.19. The number of hydrogen-bond donors (Lipinski definition) is 0. The number of nitrogens with zero attached hydrogens (tertiary/aromatic N) is 1. The van der Waals surface area contributed by atoms with E-state index in [0.29, 0.717) is 19.4 Å². The van der Waals surface area contributed by atoms with Crippen molar-refractivity contribution in [3.63, 3.8) is 0 Å². The number of hydrogen-bond acceptors (Lipinski definition) is 4. The Morgan fingerprint density at radius 2 is 2.50 bits per heavy atom. The molecule has 0 bridgehead atoms. The maximum atomic E-state index is 10.5. The van der Waals surface area contributed by atoms with Gasteiger partial charge in [0.25, 0.3) is 0 Å². The number of isothiocyanates is 1. The van der Waals surface area contributed by atoms with Gasteiger partial charge in [0.15, 0.2) is 0 Å². The van der Waals surface area contributed by atoms with Gasteiger partial charge < -0.3 is 4.74 Å². The fraction of sp³-hybridized carbons (Fsp3) is 0.667. The third kappa shape index (κ3) is 5.41. The molecular weight excluding hydrogens is 150 g/mol. The number of thiocarbonyl (C=S) groups is 1. The first-order chi connectivity index (χ1) is 4.81. The highest BCUT2D eigenvalue weighted by atomic mass is 32.1. The Morgan fingerprint density at radius 3 is 3.00 bits per heavy atom. The molecule has 0 heterocycles. The second-order valence-corrected chi connectivity index (χ2v) is 1.84. The minimum Gasteiger partial charge on any atom is -0.469 e. The standard InChI is InChI=1S/C6H9NO2S/c1-9-6(8)3-2-4-7-5-10/h2-4H2,1H3. The van der Waals surface area contributed by atoms with E-state index in [9.17, 15) is 4.79 Å². The van der Waals surface area contributed by atoms with Crippen LogP contribution in [0.4, 0.5) is 0 Å². The summed E-state index contributed by atoms with van der Waals surface area (Å²) in [4.78, 5) is 14.1. The zero-order valence-corrected chi connectivity index (χ0v) is 6.61. The fourth-order valence-corrected chi connectivity index (χ4v) is 0.541. The van der Waals surface area contributed by atoms with Crippen LogP contribution in [-0.4, -0.2) is 24.8 Å². The number of esters is 1. The Hall–Kier alpha value is -0.730. The third-order valence-corrected chi connectivity index (χ3v) is 1.07. The third-order valence-electron chi connectivity index (χ3n) is 0.943. The van der Waals surface area contributed by atoms with E-state index in [2.05, 4.69) is 27.1 Å². The van der Waals surface area contributed by atoms with E-state index in [1.807, 2.05) is 0 Å². The minimum absolute atomic E-state index is 0.209. The van der Waals surface area contributed by atoms with E-state index < -0.39 is 0 Å². The molecule has 56 valence electrons. The number of methoxy groups -OCH3 is 1. The Morgan fingerprint density at radius 1 is 1.80 bits per heavy atom. The molecular formula is C6H9NO2S. The molecule has 0 unspecified atom stereocenters. The lowest BCUT2D eigenvalue weighted by Crippen LogP contribution is -2.00. The van der Waals surface area contributed by atoms with Crippen LogP contribution in [0, 0.1) is 0 Å². The molecule has 0 fully saturated rings. The first-order valence-corrected chi connectivity index (χ1v) is 3.32. The van der Waals surface area contributed by atoms with Crippen molar-refractivity contribution < 1.29 is 9.53 Å². The number of carbonyl (C=O) groups excluding carboxylic acids is 1. The normalized spacial score (nSPS) is 8.10. The number of carbonyl (C=O) groups is 1. The van der Waals surface area contributed by atoms with Crippen LogP contribution in [-0.2, 0) is 9.53 Å². The van der Waals surface area contributed by atoms with Gasteiger partial charge in [-0.15, -0.1) is 0 Å². The average molecular weight is 159 g/mol. The van der Waals surface area contributed by atoms with E-state index in [1.54, 1.807) is 0 Å². The van der Waals surface area contributed by atoms with E-state index in [-0.39, 0.29) is 5.97 Å². The quantitative estimate of drug-likeness (QED) is 0.266. The molecule has 0 aromatic rings. The van der Waals surface area contributed by atoms with E-state index in [4.69, 9.17) is 0 Å². The maximum absolute atomic E-state index is 10.5. The van der Waals surface area contributed by atoms with Gasteiger partial charge in [-0.1, -0.05) is 0 Å². The monoisotopic (exact) mass is 159 g/mol. The van der Waals surface area contributed by atoms with Crippen molar-refractivity contribution in [2.24, 2.45) is 4.99 Å². The summed E-state index contributed by atoms with van der Waals surface area (Å²) < 4.78 is 4.40. The van der Waals surface area contributed by atoms with Gasteiger partial charge in [-0.05, 0) is 18.6 Å². The second kappa shape index (κ2) is 6.39. The van der Waals surface area contributed by atoms with Crippen LogP contribution in [0.5, 0.6) is 0 Å². The van der Waals surface area contributed by atoms with Crippen molar-refractivity contribution >= 4 is 23.3 Å². The molecule has 0 N–H and O–H groups in total. The predicted octanol–water partition coefficient (Wildman–Crippen LogP) is 1.04. The highest BCUT2D eigenvalue weighted by molar-refractivity contribution is 7.78. The largest absolute Gasteiger partial charge is 0.469 e. The molecule has 0 atom stereocenters. The van der Waals surface area contributed by atoms with Crippen molar-refractivity contribution in [1.82, 2.24) is 0 Å². The molecule has 0 aromatic carbocycles. The van der Waals surface area contributed by atoms with E-state index >= 15 is 0 Å². The number of rotatable bonds is 4. The van der Waals surface area contributed by atoms with Crippen molar-refractivity contribution in [1.29, 1.82) is 0 Å². The van der Waals surface area contributed by atoms with Gasteiger partial charge in [0, 0.05) is 13.0 Å². The summed E-state index contributed by atoms with van der Waals surface area (Å²) >= 11 is 4.33. The number of aliphatic imine (C=N–C) groups is 1. The van der Waals surface area contributed by atoms with Crippen LogP contribution in [0.1, 0.15) is 12.8 Å². The predicted molar refractivity (Wildman–Crippen MR) is 41.1 cm³/mol. The first-order valence-electron chi connectivity index (χ1n) is 2.91. The summed E-state index contributed by atoms with van der Waals surface area (Å²) in [5.41, 5.74) is 0. The lowest BCUT2D eigenvalue weighted by molar-refractivity contribution is -0.140. The van der Waals surface area contributed by atoms with Crippen LogP contribution in [0.25, 0.3) is 0 Å². The molecule has 0 aliphatic heterocycles. The average Bonchev–Trinajstić information content (AvgIpc) is 1.98. The molecule has 10 heavy (non-hydrogen) atoms. The van der Waals surface area contributed by atoms with E-state index in [0.717, 1.165) is 0 Å². The summed E-state index contributed by atoms with van der Waals surface area (Å²) in [6.07, 6.45) is 1.08. The van der Waals surface area contributed by atoms with Crippen molar-refractivity contribution in [3.05, 3.63) is 0 Å². The van der Waals surface area contributed by atoms with Crippen LogP contribution >= 0.6 is 12.2 Å². The van der Waals surface area contributed by atoms with Crippen molar-refractivity contribution in [2.75, 3.05) is 13.7 Å². The zero-order chi connectivity index (χ0) is 7.82. The van der Waals surface area contributed by atoms with Gasteiger partial charge in [0.05, 0.1) is 12.3 Å². The minimum atomic E-state index is -0.209. The summed E-state index contributed by atoms with van der Waals surface area (Å²) in [6.45, 7) is 0.554. The Kier molecular flexibility index (Phi) is 5.92. The summed E-state index contributed by atoms with van der Waals surface area (Å²) in [5, 5.41) is 2.22. The molecule has 4 heteroatoms. The highest BCUT2D eigenvalue weighted by Crippen LogP contribution is 1.90. The molecule has 0 saturated heterocycles. The molecule has 0 saturated carbocycles. The molecule has 0 aliphatic rings. The molecule has 0 spiro atoms. The second-order valence-electron chi connectivity index (χ2n) is 1.65. The van der Waals surface area contributed by atoms with Crippen LogP contribution in [0.15, 0.2) is 4.99 Å². The zero-order valence-electron chi connectivity index (χ0n) is 5.79. The van der Waals surface area contributed by atoms with Gasteiger partial charge in [0.2, 0.25) is 0 Å². The van der Waals surface area contributed by atoms with Crippen LogP contribution in [0.2, 0.25) is 0 Å². The van der Waals surface area contributed by atoms with Crippen LogP contribution in [0.3, 0.4) is 0 Å². The lowest BCUT2D eigenvalue weighted by atomic mass is 10.3. The summed E-state index contributed by atoms with van der Waals surface area (Å²) in [6, 6.07) is 0. The Bertz CT molecular complexity index is 152. The highest BCUT2D eigenvalue weighted by Gasteiger charge is 1.96. The Labute approximate surface area is 65.1 Å². The van der Waals surface area contributed by atoms with Crippen LogP contribution < -0.4 is 0 Å². The van der Waals surface area contributed by atoms with E-state index in [1.165, 1.54) is 7.11 Å². The van der Waals surface area contributed by atoms with Gasteiger partial charge in [0.1, 0.15) is 0 Å². The maximum Gasteiger partial charge on any atom is 0.305 e. The van der Waals surface area contributed by atoms with Crippen molar-refractivity contribution in [2.45, 2.75) is 12.8 Å². The van der Waals surface area contributed by atoms with Gasteiger partial charge >= 0.3 is 5.97 Å². The van der Waals surface area contributed by atoms with Gasteiger partial charge in [-0.25, -0.2) is 4.99 Å². The first kappa shape index (κ1) is 9.27.